The van der Waals surface area contributed by atoms with Crippen LogP contribution in [0.4, 0.5) is 5.69 Å². The molecule has 0 aromatic heterocycles. The number of halogens is 1. The van der Waals surface area contributed by atoms with E-state index in [1.54, 1.807) is 18.2 Å². The van der Waals surface area contributed by atoms with E-state index in [1.165, 1.54) is 0 Å². The van der Waals surface area contributed by atoms with Crippen molar-refractivity contribution in [1.29, 1.82) is 0 Å². The molecule has 1 aromatic carbocycles. The second-order valence-electron chi connectivity index (χ2n) is 2.10. The Morgan fingerprint density at radius 1 is 1.45 bits per heavy atom. The van der Waals surface area contributed by atoms with Gasteiger partial charge in [-0.2, -0.15) is 0 Å². The molecule has 0 fully saturated rings. The molecule has 58 valence electrons. The molecule has 1 amide bonds. The van der Waals surface area contributed by atoms with Crippen molar-refractivity contribution in [2.45, 2.75) is 0 Å². The molecule has 0 saturated heterocycles. The number of amides is 1. The molecule has 0 radical (unpaired) electrons. The van der Waals surface area contributed by atoms with Gasteiger partial charge < -0.3 is 11.5 Å². The Labute approximate surface area is 77.9 Å². The van der Waals surface area contributed by atoms with Crippen LogP contribution in [0.1, 0.15) is 10.4 Å². The molecule has 0 aliphatic heterocycles. The molecule has 4 N–H and O–H groups in total. The third-order valence-electron chi connectivity index (χ3n) is 1.28. The van der Waals surface area contributed by atoms with Gasteiger partial charge in [-0.05, 0) is 40.8 Å². The fourth-order valence-electron chi connectivity index (χ4n) is 0.758. The molecule has 1 aromatic rings. The van der Waals surface area contributed by atoms with Gasteiger partial charge in [-0.15, -0.1) is 0 Å². The summed E-state index contributed by atoms with van der Waals surface area (Å²) in [4.78, 5) is 10.7. The van der Waals surface area contributed by atoms with E-state index < -0.39 is 5.91 Å². The van der Waals surface area contributed by atoms with E-state index in [9.17, 15) is 4.79 Å². The minimum Gasteiger partial charge on any atom is -0.398 e. The third kappa shape index (κ3) is 1.83. The van der Waals surface area contributed by atoms with E-state index >= 15 is 0 Å². The maximum Gasteiger partial charge on any atom is 0.250 e. The summed E-state index contributed by atoms with van der Waals surface area (Å²) in [7, 11) is 0. The average Bonchev–Trinajstić information content (AvgIpc) is 1.85. The van der Waals surface area contributed by atoms with Crippen LogP contribution in [0.3, 0.4) is 0 Å². The maximum absolute atomic E-state index is 10.7. The van der Waals surface area contributed by atoms with Gasteiger partial charge in [-0.3, -0.25) is 4.79 Å². The molecule has 0 bridgehead atoms. The number of benzene rings is 1. The highest BCUT2D eigenvalue weighted by Gasteiger charge is 2.03. The highest BCUT2D eigenvalue weighted by atomic mass is 127. The van der Waals surface area contributed by atoms with E-state index in [2.05, 4.69) is 22.6 Å². The average molecular weight is 262 g/mol. The molecule has 3 nitrogen and oxygen atoms in total. The normalized spacial score (nSPS) is 9.55. The highest BCUT2D eigenvalue weighted by molar-refractivity contribution is 14.1. The zero-order valence-electron chi connectivity index (χ0n) is 5.67. The van der Waals surface area contributed by atoms with Gasteiger partial charge in [0.2, 0.25) is 0 Å². The summed E-state index contributed by atoms with van der Waals surface area (Å²) in [6, 6.07) is 5.12. The summed E-state index contributed by atoms with van der Waals surface area (Å²) < 4.78 is 0.991. The van der Waals surface area contributed by atoms with Crippen LogP contribution >= 0.6 is 22.6 Å². The number of anilines is 1. The van der Waals surface area contributed by atoms with Crippen molar-refractivity contribution in [3.63, 3.8) is 0 Å². The first kappa shape index (κ1) is 8.32. The van der Waals surface area contributed by atoms with Gasteiger partial charge in [0.05, 0.1) is 5.56 Å². The van der Waals surface area contributed by atoms with Gasteiger partial charge in [0.1, 0.15) is 0 Å². The Morgan fingerprint density at radius 3 is 2.55 bits per heavy atom. The van der Waals surface area contributed by atoms with Crippen LogP contribution in [-0.4, -0.2) is 5.91 Å². The zero-order chi connectivity index (χ0) is 8.43. The standard InChI is InChI=1S/C7H7IN2O/c8-4-1-2-5(7(10)11)6(9)3-4/h1-3H,9H2,(H2,10,11). The lowest BCUT2D eigenvalue weighted by atomic mass is 10.2. The van der Waals surface area contributed by atoms with Crippen molar-refractivity contribution in [1.82, 2.24) is 0 Å². The van der Waals surface area contributed by atoms with E-state index in [4.69, 9.17) is 11.5 Å². The van der Waals surface area contributed by atoms with Crippen LogP contribution in [0.2, 0.25) is 0 Å². The minimum absolute atomic E-state index is 0.380. The fourth-order valence-corrected chi connectivity index (χ4v) is 1.27. The first-order valence-electron chi connectivity index (χ1n) is 2.96. The summed E-state index contributed by atoms with van der Waals surface area (Å²) >= 11 is 2.11. The summed E-state index contributed by atoms with van der Waals surface area (Å²) in [6.45, 7) is 0. The van der Waals surface area contributed by atoms with Gasteiger partial charge in [0, 0.05) is 9.26 Å². The Hall–Kier alpha value is -0.780. The van der Waals surface area contributed by atoms with Crippen LogP contribution in [0.15, 0.2) is 18.2 Å². The number of nitrogens with two attached hydrogens (primary N) is 2. The maximum atomic E-state index is 10.7. The number of hydrogen-bond donors (Lipinski definition) is 2. The van der Waals surface area contributed by atoms with Crippen LogP contribution in [0.25, 0.3) is 0 Å². The van der Waals surface area contributed by atoms with Crippen molar-refractivity contribution in [2.24, 2.45) is 5.73 Å². The molecule has 4 heteroatoms. The van der Waals surface area contributed by atoms with Crippen molar-refractivity contribution in [3.8, 4) is 0 Å². The molecule has 0 saturated carbocycles. The van der Waals surface area contributed by atoms with Gasteiger partial charge in [0.25, 0.3) is 5.91 Å². The largest absolute Gasteiger partial charge is 0.398 e. The Morgan fingerprint density at radius 2 is 2.09 bits per heavy atom. The summed E-state index contributed by atoms with van der Waals surface area (Å²) in [6.07, 6.45) is 0. The number of carbonyl (C=O) groups is 1. The Kier molecular flexibility index (Phi) is 2.33. The number of nitrogen functional groups attached to an aromatic ring is 1. The second kappa shape index (κ2) is 3.08. The monoisotopic (exact) mass is 262 g/mol. The topological polar surface area (TPSA) is 69.1 Å². The number of rotatable bonds is 1. The van der Waals surface area contributed by atoms with E-state index in [1.807, 2.05) is 0 Å². The SMILES string of the molecule is NC(=O)c1ccc(I)cc1N. The predicted molar refractivity (Wildman–Crippen MR) is 52.1 cm³/mol. The van der Waals surface area contributed by atoms with Crippen LogP contribution < -0.4 is 11.5 Å². The molecule has 0 atom stereocenters. The van der Waals surface area contributed by atoms with Crippen molar-refractivity contribution in [3.05, 3.63) is 27.3 Å². The minimum atomic E-state index is -0.487. The zero-order valence-corrected chi connectivity index (χ0v) is 7.83. The Balaban J connectivity index is 3.20. The number of primary amides is 1. The number of carbonyl (C=O) groups excluding carboxylic acids is 1. The van der Waals surface area contributed by atoms with E-state index in [0.29, 0.717) is 11.3 Å². The molecule has 0 heterocycles. The fraction of sp³-hybridized carbons (Fsp3) is 0. The lowest BCUT2D eigenvalue weighted by molar-refractivity contribution is 0.100. The van der Waals surface area contributed by atoms with Gasteiger partial charge in [-0.25, -0.2) is 0 Å². The third-order valence-corrected chi connectivity index (χ3v) is 1.95. The molecule has 1 rings (SSSR count). The predicted octanol–water partition coefficient (Wildman–Crippen LogP) is 0.972. The number of hydrogen-bond acceptors (Lipinski definition) is 2. The molecular formula is C7H7IN2O. The lowest BCUT2D eigenvalue weighted by Gasteiger charge is -2.00. The molecule has 0 aliphatic carbocycles. The van der Waals surface area contributed by atoms with Crippen LogP contribution in [0.5, 0.6) is 0 Å². The summed E-state index contributed by atoms with van der Waals surface area (Å²) in [5, 5.41) is 0. The van der Waals surface area contributed by atoms with Crippen LogP contribution in [0, 0.1) is 3.57 Å². The molecular weight excluding hydrogens is 255 g/mol. The summed E-state index contributed by atoms with van der Waals surface area (Å²) in [5.41, 5.74) is 11.4. The van der Waals surface area contributed by atoms with Crippen molar-refractivity contribution >= 4 is 34.2 Å². The van der Waals surface area contributed by atoms with Crippen LogP contribution in [-0.2, 0) is 0 Å². The smallest absolute Gasteiger partial charge is 0.250 e. The quantitative estimate of drug-likeness (QED) is 0.585. The molecule has 11 heavy (non-hydrogen) atoms. The van der Waals surface area contributed by atoms with Gasteiger partial charge >= 0.3 is 0 Å². The second-order valence-corrected chi connectivity index (χ2v) is 3.34. The van der Waals surface area contributed by atoms with Crippen molar-refractivity contribution < 1.29 is 4.79 Å². The van der Waals surface area contributed by atoms with Gasteiger partial charge in [-0.1, -0.05) is 0 Å². The van der Waals surface area contributed by atoms with E-state index in [0.717, 1.165) is 3.57 Å². The molecule has 0 spiro atoms. The first-order valence-corrected chi connectivity index (χ1v) is 4.04. The highest BCUT2D eigenvalue weighted by Crippen LogP contribution is 2.14. The lowest BCUT2D eigenvalue weighted by Crippen LogP contribution is -2.13. The summed E-state index contributed by atoms with van der Waals surface area (Å²) in [5.74, 6) is -0.487. The Bertz CT molecular complexity index is 298. The van der Waals surface area contributed by atoms with E-state index in [-0.39, 0.29) is 0 Å². The van der Waals surface area contributed by atoms with Gasteiger partial charge in [0.15, 0.2) is 0 Å². The molecule has 0 aliphatic rings. The first-order chi connectivity index (χ1) is 5.11. The molecule has 0 unspecified atom stereocenters. The van der Waals surface area contributed by atoms with Crippen molar-refractivity contribution in [2.75, 3.05) is 5.73 Å².